The van der Waals surface area contributed by atoms with Crippen LogP contribution in [0.15, 0.2) is 29.2 Å². The highest BCUT2D eigenvalue weighted by molar-refractivity contribution is 7.89. The Morgan fingerprint density at radius 2 is 2.00 bits per heavy atom. The number of nitrogens with one attached hydrogen (secondary N) is 1. The van der Waals surface area contributed by atoms with E-state index in [-0.39, 0.29) is 0 Å². The maximum Gasteiger partial charge on any atom is 0.243 e. The second kappa shape index (κ2) is 6.56. The lowest BCUT2D eigenvalue weighted by atomic mass is 10.2. The second-order valence-corrected chi connectivity index (χ2v) is 6.89. The van der Waals surface area contributed by atoms with Gasteiger partial charge >= 0.3 is 0 Å². The van der Waals surface area contributed by atoms with Gasteiger partial charge in [0.2, 0.25) is 10.0 Å². The summed E-state index contributed by atoms with van der Waals surface area (Å²) in [5.74, 6) is 0.692. The molecule has 1 atom stereocenters. The fourth-order valence-electron chi connectivity index (χ4n) is 2.25. The molecule has 0 aromatic heterocycles. The summed E-state index contributed by atoms with van der Waals surface area (Å²) in [4.78, 5) is 0.329. The third-order valence-electron chi connectivity index (χ3n) is 3.44. The van der Waals surface area contributed by atoms with Gasteiger partial charge in [0.05, 0.1) is 11.5 Å². The molecule has 0 spiro atoms. The number of hydrogen-bond acceptors (Lipinski definition) is 4. The lowest BCUT2D eigenvalue weighted by molar-refractivity contribution is 0.340. The number of hydrogen-bond donors (Lipinski definition) is 1. The van der Waals surface area contributed by atoms with Gasteiger partial charge in [0.1, 0.15) is 5.75 Å². The van der Waals surface area contributed by atoms with Crippen LogP contribution in [0.1, 0.15) is 20.3 Å². The Bertz CT molecular complexity index is 528. The summed E-state index contributed by atoms with van der Waals surface area (Å²) in [5, 5.41) is 3.30. The molecule has 1 N–H and O–H groups in total. The minimum absolute atomic E-state index is 0.329. The predicted molar refractivity (Wildman–Crippen MR) is 78.5 cm³/mol. The van der Waals surface area contributed by atoms with Crippen LogP contribution < -0.4 is 10.1 Å². The molecule has 0 bridgehead atoms. The van der Waals surface area contributed by atoms with E-state index in [4.69, 9.17) is 4.74 Å². The lowest BCUT2D eigenvalue weighted by Gasteiger charge is -2.19. The first-order valence-corrected chi connectivity index (χ1v) is 8.44. The zero-order valence-corrected chi connectivity index (χ0v) is 12.8. The molecule has 1 unspecified atom stereocenters. The number of sulfonamides is 1. The van der Waals surface area contributed by atoms with Crippen molar-refractivity contribution in [2.45, 2.75) is 31.2 Å². The zero-order valence-electron chi connectivity index (χ0n) is 12.0. The van der Waals surface area contributed by atoms with Crippen LogP contribution in [0.5, 0.6) is 5.75 Å². The molecule has 1 fully saturated rings. The van der Waals surface area contributed by atoms with E-state index in [9.17, 15) is 8.42 Å². The molecule has 20 heavy (non-hydrogen) atoms. The highest BCUT2D eigenvalue weighted by Crippen LogP contribution is 2.20. The van der Waals surface area contributed by atoms with E-state index in [2.05, 4.69) is 12.2 Å². The molecule has 1 heterocycles. The average molecular weight is 298 g/mol. The van der Waals surface area contributed by atoms with Crippen molar-refractivity contribution < 1.29 is 13.2 Å². The first kappa shape index (κ1) is 15.3. The SMILES string of the molecule is CCOc1ccc(S(=O)(=O)N2CCNC(C)CC2)cc1. The Morgan fingerprint density at radius 1 is 1.30 bits per heavy atom. The van der Waals surface area contributed by atoms with Crippen LogP contribution >= 0.6 is 0 Å². The molecule has 1 aromatic rings. The summed E-state index contributed by atoms with van der Waals surface area (Å²) < 4.78 is 32.0. The van der Waals surface area contributed by atoms with Crippen LogP contribution in [0.3, 0.4) is 0 Å². The third kappa shape index (κ3) is 3.50. The van der Waals surface area contributed by atoms with Gasteiger partial charge in [-0.05, 0) is 44.5 Å². The van der Waals surface area contributed by atoms with Crippen molar-refractivity contribution in [2.75, 3.05) is 26.2 Å². The summed E-state index contributed by atoms with van der Waals surface area (Å²) in [6.45, 7) is 6.31. The van der Waals surface area contributed by atoms with Gasteiger partial charge in [0, 0.05) is 25.7 Å². The van der Waals surface area contributed by atoms with Gasteiger partial charge in [-0.25, -0.2) is 8.42 Å². The van der Waals surface area contributed by atoms with Gasteiger partial charge in [0.15, 0.2) is 0 Å². The topological polar surface area (TPSA) is 58.6 Å². The van der Waals surface area contributed by atoms with Crippen LogP contribution in [0.4, 0.5) is 0 Å². The zero-order chi connectivity index (χ0) is 14.6. The van der Waals surface area contributed by atoms with Gasteiger partial charge < -0.3 is 10.1 Å². The van der Waals surface area contributed by atoms with Crippen molar-refractivity contribution in [3.8, 4) is 5.75 Å². The van der Waals surface area contributed by atoms with E-state index < -0.39 is 10.0 Å². The van der Waals surface area contributed by atoms with Crippen LogP contribution in [0, 0.1) is 0 Å². The fourth-order valence-corrected chi connectivity index (χ4v) is 3.71. The summed E-state index contributed by atoms with van der Waals surface area (Å²) in [6, 6.07) is 6.99. The van der Waals surface area contributed by atoms with Crippen LogP contribution in [-0.4, -0.2) is 45.0 Å². The molecule has 1 aliphatic heterocycles. The van der Waals surface area contributed by atoms with E-state index in [0.29, 0.717) is 42.9 Å². The van der Waals surface area contributed by atoms with E-state index in [1.807, 2.05) is 6.92 Å². The Kier molecular flexibility index (Phi) is 5.01. The molecular weight excluding hydrogens is 276 g/mol. The highest BCUT2D eigenvalue weighted by atomic mass is 32.2. The molecule has 0 aliphatic carbocycles. The fraction of sp³-hybridized carbons (Fsp3) is 0.571. The maximum atomic E-state index is 12.6. The number of ether oxygens (including phenoxy) is 1. The Hall–Kier alpha value is -1.11. The first-order chi connectivity index (χ1) is 9.54. The standard InChI is InChI=1S/C14H22N2O3S/c1-3-19-13-4-6-14(7-5-13)20(17,18)16-10-8-12(2)15-9-11-16/h4-7,12,15H,3,8-11H2,1-2H3. The number of rotatable bonds is 4. The van der Waals surface area contributed by atoms with Gasteiger partial charge in [-0.15, -0.1) is 0 Å². The van der Waals surface area contributed by atoms with E-state index in [0.717, 1.165) is 6.42 Å². The highest BCUT2D eigenvalue weighted by Gasteiger charge is 2.26. The molecule has 112 valence electrons. The summed E-state index contributed by atoms with van der Waals surface area (Å²) in [7, 11) is -3.40. The minimum Gasteiger partial charge on any atom is -0.494 e. The van der Waals surface area contributed by atoms with Gasteiger partial charge in [-0.1, -0.05) is 0 Å². The van der Waals surface area contributed by atoms with Crippen LogP contribution in [-0.2, 0) is 10.0 Å². The smallest absolute Gasteiger partial charge is 0.243 e. The molecular formula is C14H22N2O3S. The molecule has 0 amide bonds. The summed E-state index contributed by atoms with van der Waals surface area (Å²) in [6.07, 6.45) is 0.830. The van der Waals surface area contributed by atoms with E-state index >= 15 is 0 Å². The molecule has 2 rings (SSSR count). The monoisotopic (exact) mass is 298 g/mol. The molecule has 6 heteroatoms. The van der Waals surface area contributed by atoms with Gasteiger partial charge in [-0.3, -0.25) is 0 Å². The second-order valence-electron chi connectivity index (χ2n) is 4.95. The molecule has 0 radical (unpaired) electrons. The molecule has 1 saturated heterocycles. The lowest BCUT2D eigenvalue weighted by Crippen LogP contribution is -2.34. The van der Waals surface area contributed by atoms with Crippen LogP contribution in [0.25, 0.3) is 0 Å². The summed E-state index contributed by atoms with van der Waals surface area (Å²) >= 11 is 0. The molecule has 1 aliphatic rings. The summed E-state index contributed by atoms with van der Waals surface area (Å²) in [5.41, 5.74) is 0. The Labute approximate surface area is 121 Å². The minimum atomic E-state index is -3.40. The first-order valence-electron chi connectivity index (χ1n) is 7.00. The van der Waals surface area contributed by atoms with Gasteiger partial charge in [-0.2, -0.15) is 4.31 Å². The number of benzene rings is 1. The van der Waals surface area contributed by atoms with Crippen molar-refractivity contribution >= 4 is 10.0 Å². The quantitative estimate of drug-likeness (QED) is 0.914. The average Bonchev–Trinajstić information content (AvgIpc) is 2.65. The third-order valence-corrected chi connectivity index (χ3v) is 5.35. The number of nitrogens with zero attached hydrogens (tertiary/aromatic N) is 1. The van der Waals surface area contributed by atoms with Crippen LogP contribution in [0.2, 0.25) is 0 Å². The van der Waals surface area contributed by atoms with Crippen molar-refractivity contribution in [1.29, 1.82) is 0 Å². The molecule has 5 nitrogen and oxygen atoms in total. The van der Waals surface area contributed by atoms with E-state index in [1.165, 1.54) is 0 Å². The Morgan fingerprint density at radius 3 is 2.65 bits per heavy atom. The Balaban J connectivity index is 2.16. The van der Waals surface area contributed by atoms with Crippen molar-refractivity contribution in [1.82, 2.24) is 9.62 Å². The van der Waals surface area contributed by atoms with E-state index in [1.54, 1.807) is 28.6 Å². The largest absolute Gasteiger partial charge is 0.494 e. The van der Waals surface area contributed by atoms with Crippen molar-refractivity contribution in [3.05, 3.63) is 24.3 Å². The maximum absolute atomic E-state index is 12.6. The van der Waals surface area contributed by atoms with Gasteiger partial charge in [0.25, 0.3) is 0 Å². The predicted octanol–water partition coefficient (Wildman–Crippen LogP) is 1.46. The normalized spacial score (nSPS) is 21.4. The molecule has 0 saturated carbocycles. The molecule has 1 aromatic carbocycles. The van der Waals surface area contributed by atoms with Crippen molar-refractivity contribution in [2.24, 2.45) is 0 Å². The van der Waals surface area contributed by atoms with Crippen molar-refractivity contribution in [3.63, 3.8) is 0 Å².